The van der Waals surface area contributed by atoms with Crippen molar-refractivity contribution in [2.75, 3.05) is 0 Å². The molecule has 0 unspecified atom stereocenters. The van der Waals surface area contributed by atoms with Gasteiger partial charge < -0.3 is 0 Å². The van der Waals surface area contributed by atoms with E-state index in [0.29, 0.717) is 17.5 Å². The predicted octanol–water partition coefficient (Wildman–Crippen LogP) is 13.3. The van der Waals surface area contributed by atoms with Crippen LogP contribution in [0.25, 0.3) is 111 Å². The van der Waals surface area contributed by atoms with Gasteiger partial charge in [0.1, 0.15) is 0 Å². The zero-order valence-corrected chi connectivity index (χ0v) is 31.3. The van der Waals surface area contributed by atoms with Crippen molar-refractivity contribution in [2.24, 2.45) is 0 Å². The Morgan fingerprint density at radius 1 is 0.259 bits per heavy atom. The molecule has 3 heterocycles. The molecule has 0 saturated carbocycles. The fourth-order valence-corrected chi connectivity index (χ4v) is 7.95. The molecule has 0 aliphatic heterocycles. The molecule has 58 heavy (non-hydrogen) atoms. The first-order valence-electron chi connectivity index (χ1n) is 19.4. The average Bonchev–Trinajstić information content (AvgIpc) is 3.31. The van der Waals surface area contributed by atoms with Crippen LogP contribution in [0.5, 0.6) is 0 Å². The molecule has 0 saturated heterocycles. The minimum absolute atomic E-state index is 0.634. The summed E-state index contributed by atoms with van der Waals surface area (Å²) in [6.07, 6.45) is 0. The SMILES string of the molecule is c1ccc(-c2nc(-c3ccccc3)nc(-c3ccc(-c4ccc(-c5nc6ccccc6c6ccc7nc(-c8ccc9ccccc9c8)ccc7c56)cc4)cc3)n2)cc1. The summed E-state index contributed by atoms with van der Waals surface area (Å²) in [5.41, 5.74) is 11.0. The molecule has 0 N–H and O–H groups in total. The number of hydrogen-bond donors (Lipinski definition) is 0. The van der Waals surface area contributed by atoms with E-state index < -0.39 is 0 Å². The molecule has 0 amide bonds. The summed E-state index contributed by atoms with van der Waals surface area (Å²) in [5, 5.41) is 6.90. The molecular weight excluding hydrogens is 707 g/mol. The van der Waals surface area contributed by atoms with Crippen molar-refractivity contribution in [2.45, 2.75) is 0 Å². The molecule has 0 bridgehead atoms. The number of benzene rings is 8. The third kappa shape index (κ3) is 6.03. The molecular formula is C53H33N5. The molecule has 0 atom stereocenters. The minimum atomic E-state index is 0.634. The Balaban J connectivity index is 0.962. The largest absolute Gasteiger partial charge is 0.248 e. The maximum Gasteiger partial charge on any atom is 0.164 e. The molecule has 8 aromatic carbocycles. The lowest BCUT2D eigenvalue weighted by Gasteiger charge is -2.14. The maximum atomic E-state index is 5.30. The van der Waals surface area contributed by atoms with Crippen molar-refractivity contribution in [1.82, 2.24) is 24.9 Å². The average molecular weight is 740 g/mol. The van der Waals surface area contributed by atoms with Gasteiger partial charge in [-0.05, 0) is 57.6 Å². The molecule has 0 aliphatic rings. The van der Waals surface area contributed by atoms with Gasteiger partial charge in [-0.3, -0.25) is 0 Å². The molecule has 0 radical (unpaired) electrons. The van der Waals surface area contributed by atoms with Gasteiger partial charge in [-0.25, -0.2) is 24.9 Å². The van der Waals surface area contributed by atoms with Crippen molar-refractivity contribution in [3.8, 4) is 67.8 Å². The second kappa shape index (κ2) is 14.0. The minimum Gasteiger partial charge on any atom is -0.248 e. The van der Waals surface area contributed by atoms with Crippen LogP contribution < -0.4 is 0 Å². The first-order valence-corrected chi connectivity index (χ1v) is 19.4. The standard InChI is InChI=1S/C53H33N5/c1-3-12-38(13-4-1)51-56-52(39-14-5-2-6-15-39)58-53(57-51)40-26-21-36(22-27-40)35-19-24-37(25-20-35)50-49-44(43-17-9-10-18-47(43)55-50)29-32-48-45(49)30-31-46(54-48)42-28-23-34-11-7-8-16-41(34)33-42/h1-33H. The van der Waals surface area contributed by atoms with E-state index in [-0.39, 0.29) is 0 Å². The van der Waals surface area contributed by atoms with E-state index >= 15 is 0 Å². The summed E-state index contributed by atoms with van der Waals surface area (Å²) in [5.74, 6) is 1.93. The molecule has 11 aromatic rings. The second-order valence-electron chi connectivity index (χ2n) is 14.5. The predicted molar refractivity (Wildman–Crippen MR) is 238 cm³/mol. The topological polar surface area (TPSA) is 64.5 Å². The van der Waals surface area contributed by atoms with E-state index in [1.165, 1.54) is 10.8 Å². The van der Waals surface area contributed by atoms with Gasteiger partial charge in [0.2, 0.25) is 0 Å². The number of para-hydroxylation sites is 1. The molecule has 0 spiro atoms. The zero-order chi connectivity index (χ0) is 38.4. The molecule has 0 aliphatic carbocycles. The Morgan fingerprint density at radius 3 is 1.43 bits per heavy atom. The van der Waals surface area contributed by atoms with Gasteiger partial charge in [-0.15, -0.1) is 0 Å². The summed E-state index contributed by atoms with van der Waals surface area (Å²) in [7, 11) is 0. The van der Waals surface area contributed by atoms with Crippen LogP contribution in [0.1, 0.15) is 0 Å². The van der Waals surface area contributed by atoms with Crippen molar-refractivity contribution in [3.05, 3.63) is 200 Å². The van der Waals surface area contributed by atoms with Crippen molar-refractivity contribution < 1.29 is 0 Å². The maximum absolute atomic E-state index is 5.30. The van der Waals surface area contributed by atoms with Gasteiger partial charge in [0.05, 0.1) is 22.4 Å². The Morgan fingerprint density at radius 2 is 0.759 bits per heavy atom. The third-order valence-electron chi connectivity index (χ3n) is 10.9. The van der Waals surface area contributed by atoms with Crippen molar-refractivity contribution in [1.29, 1.82) is 0 Å². The van der Waals surface area contributed by atoms with E-state index in [1.807, 2.05) is 60.7 Å². The van der Waals surface area contributed by atoms with E-state index in [4.69, 9.17) is 24.9 Å². The van der Waals surface area contributed by atoms with E-state index in [0.717, 1.165) is 82.9 Å². The number of hydrogen-bond acceptors (Lipinski definition) is 5. The smallest absolute Gasteiger partial charge is 0.164 e. The highest BCUT2D eigenvalue weighted by Gasteiger charge is 2.16. The Hall–Kier alpha value is -7.89. The van der Waals surface area contributed by atoms with Crippen molar-refractivity contribution in [3.63, 3.8) is 0 Å². The molecule has 270 valence electrons. The summed E-state index contributed by atoms with van der Waals surface area (Å²) >= 11 is 0. The first kappa shape index (κ1) is 33.4. The van der Waals surface area contributed by atoms with Gasteiger partial charge >= 0.3 is 0 Å². The van der Waals surface area contributed by atoms with Crippen LogP contribution in [-0.4, -0.2) is 24.9 Å². The Bertz CT molecular complexity index is 3250. The van der Waals surface area contributed by atoms with Crippen LogP contribution in [-0.2, 0) is 0 Å². The fraction of sp³-hybridized carbons (Fsp3) is 0. The van der Waals surface area contributed by atoms with Crippen LogP contribution in [0.3, 0.4) is 0 Å². The van der Waals surface area contributed by atoms with Crippen molar-refractivity contribution >= 4 is 43.4 Å². The van der Waals surface area contributed by atoms with E-state index in [1.54, 1.807) is 0 Å². The van der Waals surface area contributed by atoms with Crippen LogP contribution in [0.2, 0.25) is 0 Å². The highest BCUT2D eigenvalue weighted by Crippen LogP contribution is 2.38. The molecule has 0 fully saturated rings. The number of rotatable bonds is 6. The summed E-state index contributed by atoms with van der Waals surface area (Å²) < 4.78 is 0. The molecule has 5 heteroatoms. The van der Waals surface area contributed by atoms with Crippen LogP contribution in [0, 0.1) is 0 Å². The van der Waals surface area contributed by atoms with E-state index in [9.17, 15) is 0 Å². The molecule has 3 aromatic heterocycles. The number of aromatic nitrogens is 5. The summed E-state index contributed by atoms with van der Waals surface area (Å²) in [6.45, 7) is 0. The second-order valence-corrected chi connectivity index (χ2v) is 14.5. The highest BCUT2D eigenvalue weighted by atomic mass is 15.0. The molecule has 11 rings (SSSR count). The van der Waals surface area contributed by atoms with Crippen LogP contribution in [0.15, 0.2) is 200 Å². The zero-order valence-electron chi connectivity index (χ0n) is 31.3. The number of pyridine rings is 2. The lowest BCUT2D eigenvalue weighted by Crippen LogP contribution is -2.00. The van der Waals surface area contributed by atoms with Gasteiger partial charge in [-0.1, -0.05) is 170 Å². The van der Waals surface area contributed by atoms with E-state index in [2.05, 4.69) is 140 Å². The lowest BCUT2D eigenvalue weighted by molar-refractivity contribution is 1.07. The Kier molecular flexibility index (Phi) is 8.07. The van der Waals surface area contributed by atoms with Crippen LogP contribution in [0.4, 0.5) is 0 Å². The summed E-state index contributed by atoms with van der Waals surface area (Å²) in [6, 6.07) is 69.4. The number of fused-ring (bicyclic) bond motifs is 6. The highest BCUT2D eigenvalue weighted by molar-refractivity contribution is 6.20. The monoisotopic (exact) mass is 739 g/mol. The normalized spacial score (nSPS) is 11.4. The van der Waals surface area contributed by atoms with Gasteiger partial charge in [0.15, 0.2) is 17.5 Å². The third-order valence-corrected chi connectivity index (χ3v) is 10.9. The molecule has 5 nitrogen and oxygen atoms in total. The lowest BCUT2D eigenvalue weighted by atomic mass is 9.95. The van der Waals surface area contributed by atoms with Gasteiger partial charge in [0, 0.05) is 44.0 Å². The van der Waals surface area contributed by atoms with Crippen LogP contribution >= 0.6 is 0 Å². The first-order chi connectivity index (χ1) is 28.7. The number of nitrogens with zero attached hydrogens (tertiary/aromatic N) is 5. The quantitative estimate of drug-likeness (QED) is 0.159. The fourth-order valence-electron chi connectivity index (χ4n) is 7.95. The Labute approximate surface area is 335 Å². The van der Waals surface area contributed by atoms with Gasteiger partial charge in [-0.2, -0.15) is 0 Å². The van der Waals surface area contributed by atoms with Gasteiger partial charge in [0.25, 0.3) is 0 Å². The summed E-state index contributed by atoms with van der Waals surface area (Å²) in [4.78, 5) is 25.2.